The van der Waals surface area contributed by atoms with Crippen LogP contribution in [0.2, 0.25) is 0 Å². The summed E-state index contributed by atoms with van der Waals surface area (Å²) in [4.78, 5) is 11.6. The van der Waals surface area contributed by atoms with Crippen molar-refractivity contribution in [3.8, 4) is 0 Å². The SMILES string of the molecule is CC[C@H](C=O)[C@H](NS(=O)(=O)c1ccc(C)cc1)c1ccccc1. The first kappa shape index (κ1) is 17.4. The summed E-state index contributed by atoms with van der Waals surface area (Å²) in [6.07, 6.45) is 1.37. The maximum absolute atomic E-state index is 12.6. The molecule has 0 unspecified atom stereocenters. The third kappa shape index (κ3) is 4.27. The van der Waals surface area contributed by atoms with E-state index < -0.39 is 22.0 Å². The van der Waals surface area contributed by atoms with E-state index >= 15 is 0 Å². The quantitative estimate of drug-likeness (QED) is 0.792. The molecule has 0 radical (unpaired) electrons. The second-order valence-electron chi connectivity index (χ2n) is 5.53. The number of carbonyl (C=O) groups is 1. The van der Waals surface area contributed by atoms with Gasteiger partial charge >= 0.3 is 0 Å². The van der Waals surface area contributed by atoms with Crippen LogP contribution in [0.5, 0.6) is 0 Å². The standard InChI is InChI=1S/C18H21NO3S/c1-3-15(13-20)18(16-7-5-4-6-8-16)19-23(21,22)17-11-9-14(2)10-12-17/h4-13,15,18-19H,3H2,1-2H3/t15-,18+/m1/s1. The molecule has 0 heterocycles. The highest BCUT2D eigenvalue weighted by Crippen LogP contribution is 2.25. The first-order valence-electron chi connectivity index (χ1n) is 7.57. The first-order chi connectivity index (χ1) is 11.0. The molecule has 0 spiro atoms. The van der Waals surface area contributed by atoms with Crippen LogP contribution < -0.4 is 4.72 Å². The van der Waals surface area contributed by atoms with Crippen molar-refractivity contribution in [1.82, 2.24) is 4.72 Å². The van der Waals surface area contributed by atoms with Crippen LogP contribution in [0.15, 0.2) is 59.5 Å². The molecule has 23 heavy (non-hydrogen) atoms. The van der Waals surface area contributed by atoms with Crippen molar-refractivity contribution in [3.63, 3.8) is 0 Å². The number of nitrogens with one attached hydrogen (secondary N) is 1. The Hall–Kier alpha value is -1.98. The Bertz CT molecular complexity index is 740. The monoisotopic (exact) mass is 331 g/mol. The van der Waals surface area contributed by atoms with E-state index in [1.165, 1.54) is 0 Å². The van der Waals surface area contributed by atoms with Crippen LogP contribution in [0.1, 0.15) is 30.5 Å². The van der Waals surface area contributed by atoms with Crippen molar-refractivity contribution in [3.05, 3.63) is 65.7 Å². The summed E-state index contributed by atoms with van der Waals surface area (Å²) in [6, 6.07) is 15.2. The van der Waals surface area contributed by atoms with Crippen LogP contribution in [-0.2, 0) is 14.8 Å². The lowest BCUT2D eigenvalue weighted by Crippen LogP contribution is -2.34. The highest BCUT2D eigenvalue weighted by molar-refractivity contribution is 7.89. The molecule has 0 aliphatic heterocycles. The summed E-state index contributed by atoms with van der Waals surface area (Å²) < 4.78 is 28.0. The van der Waals surface area contributed by atoms with Gasteiger partial charge in [-0.15, -0.1) is 0 Å². The topological polar surface area (TPSA) is 63.2 Å². The molecule has 0 fully saturated rings. The number of hydrogen-bond donors (Lipinski definition) is 1. The average molecular weight is 331 g/mol. The molecule has 0 saturated heterocycles. The van der Waals surface area contributed by atoms with Gasteiger partial charge in [0.15, 0.2) is 0 Å². The number of hydrogen-bond acceptors (Lipinski definition) is 3. The zero-order chi connectivity index (χ0) is 16.9. The van der Waals surface area contributed by atoms with E-state index in [4.69, 9.17) is 0 Å². The van der Waals surface area contributed by atoms with Gasteiger partial charge in [-0.2, -0.15) is 0 Å². The smallest absolute Gasteiger partial charge is 0.241 e. The molecule has 0 amide bonds. The minimum atomic E-state index is -3.70. The van der Waals surface area contributed by atoms with Gasteiger partial charge in [-0.3, -0.25) is 0 Å². The van der Waals surface area contributed by atoms with Crippen molar-refractivity contribution in [2.75, 3.05) is 0 Å². The summed E-state index contributed by atoms with van der Waals surface area (Å²) in [7, 11) is -3.70. The molecular formula is C18H21NO3S. The Morgan fingerprint density at radius 3 is 2.17 bits per heavy atom. The Morgan fingerprint density at radius 1 is 1.04 bits per heavy atom. The molecule has 0 aliphatic carbocycles. The van der Waals surface area contributed by atoms with E-state index in [1.807, 2.05) is 44.2 Å². The Kier molecular flexibility index (Phi) is 5.69. The highest BCUT2D eigenvalue weighted by atomic mass is 32.2. The van der Waals surface area contributed by atoms with Crippen molar-refractivity contribution < 1.29 is 13.2 Å². The van der Waals surface area contributed by atoms with E-state index in [1.54, 1.807) is 24.3 Å². The molecule has 0 aromatic heterocycles. The molecule has 2 aromatic rings. The van der Waals surface area contributed by atoms with Crippen LogP contribution in [0.4, 0.5) is 0 Å². The summed E-state index contributed by atoms with van der Waals surface area (Å²) in [5, 5.41) is 0. The van der Waals surface area contributed by atoms with Gasteiger partial charge in [0.05, 0.1) is 10.9 Å². The van der Waals surface area contributed by atoms with Gasteiger partial charge in [0.1, 0.15) is 6.29 Å². The van der Waals surface area contributed by atoms with Gasteiger partial charge in [0, 0.05) is 5.92 Å². The van der Waals surface area contributed by atoms with Crippen molar-refractivity contribution in [2.45, 2.75) is 31.2 Å². The van der Waals surface area contributed by atoms with Crippen molar-refractivity contribution >= 4 is 16.3 Å². The van der Waals surface area contributed by atoms with E-state index in [0.717, 1.165) is 17.4 Å². The van der Waals surface area contributed by atoms with Gasteiger partial charge < -0.3 is 4.79 Å². The zero-order valence-electron chi connectivity index (χ0n) is 13.3. The molecule has 0 bridgehead atoms. The Labute approximate surface area is 137 Å². The normalized spacial score (nSPS) is 14.2. The molecule has 0 aliphatic rings. The van der Waals surface area contributed by atoms with Crippen molar-refractivity contribution in [1.29, 1.82) is 0 Å². The third-order valence-corrected chi connectivity index (χ3v) is 5.30. The lowest BCUT2D eigenvalue weighted by atomic mass is 9.93. The predicted molar refractivity (Wildman–Crippen MR) is 90.5 cm³/mol. The summed E-state index contributed by atoms with van der Waals surface area (Å²) in [5.41, 5.74) is 1.77. The fourth-order valence-electron chi connectivity index (χ4n) is 2.43. The molecule has 1 N–H and O–H groups in total. The molecule has 5 heteroatoms. The maximum Gasteiger partial charge on any atom is 0.241 e. The molecule has 0 saturated carbocycles. The van der Waals surface area contributed by atoms with Crippen LogP contribution in [0, 0.1) is 12.8 Å². The Morgan fingerprint density at radius 2 is 1.65 bits per heavy atom. The number of sulfonamides is 1. The summed E-state index contributed by atoms with van der Waals surface area (Å²) >= 11 is 0. The van der Waals surface area contributed by atoms with Crippen LogP contribution in [0.25, 0.3) is 0 Å². The van der Waals surface area contributed by atoms with Gasteiger partial charge in [0.2, 0.25) is 10.0 Å². The molecular weight excluding hydrogens is 310 g/mol. The third-order valence-electron chi connectivity index (χ3n) is 3.85. The first-order valence-corrected chi connectivity index (χ1v) is 9.05. The molecule has 2 aromatic carbocycles. The van der Waals surface area contributed by atoms with Crippen molar-refractivity contribution in [2.24, 2.45) is 5.92 Å². The molecule has 2 atom stereocenters. The van der Waals surface area contributed by atoms with Crippen LogP contribution >= 0.6 is 0 Å². The molecule has 4 nitrogen and oxygen atoms in total. The lowest BCUT2D eigenvalue weighted by molar-refractivity contribution is -0.111. The average Bonchev–Trinajstić information content (AvgIpc) is 2.56. The minimum Gasteiger partial charge on any atom is -0.303 e. The van der Waals surface area contributed by atoms with Crippen LogP contribution in [0.3, 0.4) is 0 Å². The zero-order valence-corrected chi connectivity index (χ0v) is 14.1. The Balaban J connectivity index is 2.37. The largest absolute Gasteiger partial charge is 0.303 e. The second-order valence-corrected chi connectivity index (χ2v) is 7.24. The highest BCUT2D eigenvalue weighted by Gasteiger charge is 2.27. The van der Waals surface area contributed by atoms with E-state index in [9.17, 15) is 13.2 Å². The van der Waals surface area contributed by atoms with E-state index in [2.05, 4.69) is 4.72 Å². The number of aryl methyl sites for hydroxylation is 1. The van der Waals surface area contributed by atoms with E-state index in [-0.39, 0.29) is 4.90 Å². The number of rotatable bonds is 7. The maximum atomic E-state index is 12.6. The predicted octanol–water partition coefficient (Wildman–Crippen LogP) is 3.24. The second kappa shape index (κ2) is 7.53. The van der Waals surface area contributed by atoms with Gasteiger partial charge in [-0.05, 0) is 31.0 Å². The lowest BCUT2D eigenvalue weighted by Gasteiger charge is -2.23. The molecule has 122 valence electrons. The fourth-order valence-corrected chi connectivity index (χ4v) is 3.70. The number of aldehydes is 1. The van der Waals surface area contributed by atoms with Gasteiger partial charge in [-0.1, -0.05) is 55.0 Å². The molecule has 2 rings (SSSR count). The summed E-state index contributed by atoms with van der Waals surface area (Å²) in [5.74, 6) is -0.419. The minimum absolute atomic E-state index is 0.199. The van der Waals surface area contributed by atoms with Gasteiger partial charge in [0.25, 0.3) is 0 Å². The fraction of sp³-hybridized carbons (Fsp3) is 0.278. The number of carbonyl (C=O) groups excluding carboxylic acids is 1. The summed E-state index contributed by atoms with van der Waals surface area (Å²) in [6.45, 7) is 3.77. The number of benzene rings is 2. The van der Waals surface area contributed by atoms with E-state index in [0.29, 0.717) is 6.42 Å². The van der Waals surface area contributed by atoms with Crippen LogP contribution in [-0.4, -0.2) is 14.7 Å². The van der Waals surface area contributed by atoms with Gasteiger partial charge in [-0.25, -0.2) is 13.1 Å².